The van der Waals surface area contributed by atoms with Crippen molar-refractivity contribution in [1.29, 1.82) is 0 Å². The highest BCUT2D eigenvalue weighted by molar-refractivity contribution is 5.73. The zero-order valence-electron chi connectivity index (χ0n) is 46.0. The molecule has 1 aliphatic rings. The second-order valence-corrected chi connectivity index (χ2v) is 20.2. The second-order valence-electron chi connectivity index (χ2n) is 20.2. The molecule has 0 aromatic rings. The van der Waals surface area contributed by atoms with E-state index in [0.29, 0.717) is 32.2 Å². The maximum Gasteiger partial charge on any atom is 0.410 e. The van der Waals surface area contributed by atoms with Gasteiger partial charge in [0.25, 0.3) is 0 Å². The minimum Gasteiger partial charge on any atom is -0.465 e. The number of hydrogen-bond acceptors (Lipinski definition) is 15. The van der Waals surface area contributed by atoms with Crippen LogP contribution >= 0.6 is 0 Å². The number of likely N-dealkylation sites (tertiary alicyclic amines) is 1. The standard InChI is InChI=1S/C56H100N2O14/c1-7-11-15-19-23-27-31-50(59)67-42-46(43-68-51(60)32-28-24-20-16-12-8-2)37-54(63)71-48-39-49(41-58(40-48)56(65)66-36-35-57(5)6)72-55(64)38-47(44-69-52(61)33-29-25-21-17-13-9-3)45-70-53(62)34-30-26-22-18-14-10-4/h46-49H,7-45H2,1-6H3/t48-,49+. The molecule has 0 spiro atoms. The average Bonchev–Trinajstić information content (AvgIpc) is 3.34. The van der Waals surface area contributed by atoms with E-state index in [1.165, 1.54) is 4.90 Å². The molecule has 0 aromatic heterocycles. The summed E-state index contributed by atoms with van der Waals surface area (Å²) in [5.74, 6) is -4.24. The van der Waals surface area contributed by atoms with Gasteiger partial charge >= 0.3 is 41.9 Å². The molecule has 1 aliphatic heterocycles. The van der Waals surface area contributed by atoms with Crippen molar-refractivity contribution in [1.82, 2.24) is 9.80 Å². The Balaban J connectivity index is 3.10. The number of nitrogens with zero attached hydrogens (tertiary/aromatic N) is 2. The monoisotopic (exact) mass is 1020 g/mol. The van der Waals surface area contributed by atoms with Crippen LogP contribution in [0.5, 0.6) is 0 Å². The Morgan fingerprint density at radius 1 is 0.417 bits per heavy atom. The lowest BCUT2D eigenvalue weighted by molar-refractivity contribution is -0.166. The summed E-state index contributed by atoms with van der Waals surface area (Å²) < 4.78 is 39.8. The number of ether oxygens (including phenoxy) is 7. The lowest BCUT2D eigenvalue weighted by atomic mass is 10.0. The van der Waals surface area contributed by atoms with Crippen molar-refractivity contribution in [3.8, 4) is 0 Å². The quantitative estimate of drug-likeness (QED) is 0.0318. The number of carbonyl (C=O) groups is 7. The minimum atomic E-state index is -0.904. The predicted molar refractivity (Wildman–Crippen MR) is 278 cm³/mol. The molecule has 2 atom stereocenters. The van der Waals surface area contributed by atoms with Gasteiger partial charge in [0.1, 0.15) is 18.8 Å². The third kappa shape index (κ3) is 37.7. The number of rotatable bonds is 45. The molecule has 1 heterocycles. The number of carbonyl (C=O) groups excluding carboxylic acids is 7. The van der Waals surface area contributed by atoms with E-state index in [9.17, 15) is 33.6 Å². The van der Waals surface area contributed by atoms with E-state index in [1.54, 1.807) is 0 Å². The van der Waals surface area contributed by atoms with Gasteiger partial charge in [0, 0.05) is 50.5 Å². The molecule has 0 bridgehead atoms. The molecule has 1 fully saturated rings. The van der Waals surface area contributed by atoms with Gasteiger partial charge < -0.3 is 43.0 Å². The van der Waals surface area contributed by atoms with E-state index in [4.69, 9.17) is 33.2 Å². The third-order valence-electron chi connectivity index (χ3n) is 12.8. The summed E-state index contributed by atoms with van der Waals surface area (Å²) in [4.78, 5) is 94.8. The molecule has 72 heavy (non-hydrogen) atoms. The SMILES string of the molecule is CCCCCCCCC(=O)OCC(COC(=O)CCCCCCCC)CC(=O)O[C@@H]1C[C@H](OC(=O)CC(COC(=O)CCCCCCCC)COC(=O)CCCCCCCC)CN(C(=O)OCCN(C)C)C1. The minimum absolute atomic E-state index is 0.0303. The highest BCUT2D eigenvalue weighted by Crippen LogP contribution is 2.22. The van der Waals surface area contributed by atoms with Gasteiger partial charge in [-0.3, -0.25) is 28.8 Å². The highest BCUT2D eigenvalue weighted by Gasteiger charge is 2.36. The zero-order valence-corrected chi connectivity index (χ0v) is 46.0. The number of esters is 6. The van der Waals surface area contributed by atoms with Gasteiger partial charge in [0.15, 0.2) is 0 Å². The fourth-order valence-corrected chi connectivity index (χ4v) is 8.34. The van der Waals surface area contributed by atoms with Crippen LogP contribution in [0, 0.1) is 11.8 Å². The average molecular weight is 1030 g/mol. The largest absolute Gasteiger partial charge is 0.465 e. The predicted octanol–water partition coefficient (Wildman–Crippen LogP) is 11.4. The number of likely N-dealkylation sites (N-methyl/N-ethyl adjacent to an activating group) is 1. The van der Waals surface area contributed by atoms with Crippen LogP contribution in [0.25, 0.3) is 0 Å². The van der Waals surface area contributed by atoms with Crippen molar-refractivity contribution in [2.24, 2.45) is 11.8 Å². The van der Waals surface area contributed by atoms with E-state index in [2.05, 4.69) is 27.7 Å². The fourth-order valence-electron chi connectivity index (χ4n) is 8.34. The summed E-state index contributed by atoms with van der Waals surface area (Å²) in [6.07, 6.45) is 22.4. The van der Waals surface area contributed by atoms with Crippen molar-refractivity contribution in [2.75, 3.05) is 66.8 Å². The van der Waals surface area contributed by atoms with Crippen LogP contribution in [0.15, 0.2) is 0 Å². The van der Waals surface area contributed by atoms with Gasteiger partial charge in [-0.15, -0.1) is 0 Å². The molecule has 1 saturated heterocycles. The second kappa shape index (κ2) is 44.5. The first-order valence-corrected chi connectivity index (χ1v) is 28.4. The van der Waals surface area contributed by atoms with Gasteiger partial charge in [-0.1, -0.05) is 156 Å². The fraction of sp³-hybridized carbons (Fsp3) is 0.875. The number of piperidine rings is 1. The Labute approximate surface area is 434 Å². The Bertz CT molecular complexity index is 1300. The lowest BCUT2D eigenvalue weighted by Crippen LogP contribution is -2.51. The van der Waals surface area contributed by atoms with Gasteiger partial charge in [-0.25, -0.2) is 4.79 Å². The van der Waals surface area contributed by atoms with Crippen LogP contribution < -0.4 is 0 Å². The van der Waals surface area contributed by atoms with E-state index in [0.717, 1.165) is 128 Å². The summed E-state index contributed by atoms with van der Waals surface area (Å²) in [5.41, 5.74) is 0. The van der Waals surface area contributed by atoms with Crippen LogP contribution in [0.4, 0.5) is 4.79 Å². The van der Waals surface area contributed by atoms with Crippen molar-refractivity contribution in [3.05, 3.63) is 0 Å². The first-order valence-electron chi connectivity index (χ1n) is 28.4. The molecule has 0 N–H and O–H groups in total. The van der Waals surface area contributed by atoms with Gasteiger partial charge in [-0.05, 0) is 39.8 Å². The molecule has 0 aliphatic carbocycles. The van der Waals surface area contributed by atoms with E-state index < -0.39 is 42.1 Å². The lowest BCUT2D eigenvalue weighted by Gasteiger charge is -2.36. The first-order chi connectivity index (χ1) is 34.8. The maximum atomic E-state index is 13.7. The zero-order chi connectivity index (χ0) is 53.0. The molecule has 0 aromatic carbocycles. The van der Waals surface area contributed by atoms with Gasteiger partial charge in [0.05, 0.1) is 52.4 Å². The molecule has 16 heteroatoms. The Morgan fingerprint density at radius 2 is 0.708 bits per heavy atom. The normalized spacial score (nSPS) is 14.6. The Hall–Kier alpha value is -3.95. The van der Waals surface area contributed by atoms with E-state index in [-0.39, 0.29) is 115 Å². The molecule has 0 unspecified atom stereocenters. The Morgan fingerprint density at radius 3 is 1.00 bits per heavy atom. The van der Waals surface area contributed by atoms with Crippen molar-refractivity contribution in [2.45, 2.75) is 239 Å². The smallest absolute Gasteiger partial charge is 0.410 e. The number of unbranched alkanes of at least 4 members (excludes halogenated alkanes) is 20. The first kappa shape index (κ1) is 66.1. The molecule has 1 rings (SSSR count). The Kier molecular flexibility index (Phi) is 40.9. The van der Waals surface area contributed by atoms with Crippen LogP contribution in [0.3, 0.4) is 0 Å². The van der Waals surface area contributed by atoms with Crippen molar-refractivity contribution >= 4 is 41.9 Å². The topological polar surface area (TPSA) is 191 Å². The van der Waals surface area contributed by atoms with Crippen molar-refractivity contribution in [3.63, 3.8) is 0 Å². The molecule has 16 nitrogen and oxygen atoms in total. The molecular weight excluding hydrogens is 925 g/mol. The van der Waals surface area contributed by atoms with Gasteiger partial charge in [-0.2, -0.15) is 0 Å². The molecule has 1 amide bonds. The summed E-state index contributed by atoms with van der Waals surface area (Å²) in [6.45, 7) is 8.53. The van der Waals surface area contributed by atoms with Crippen LogP contribution in [0.2, 0.25) is 0 Å². The summed E-state index contributed by atoms with van der Waals surface area (Å²) >= 11 is 0. The number of amides is 1. The molecular formula is C56H100N2O14. The molecule has 0 radical (unpaired) electrons. The maximum absolute atomic E-state index is 13.7. The molecule has 418 valence electrons. The summed E-state index contributed by atoms with van der Waals surface area (Å²) in [6, 6.07) is 0. The number of hydrogen-bond donors (Lipinski definition) is 0. The van der Waals surface area contributed by atoms with Crippen LogP contribution in [-0.2, 0) is 61.9 Å². The van der Waals surface area contributed by atoms with Gasteiger partial charge in [0.2, 0.25) is 0 Å². The van der Waals surface area contributed by atoms with Crippen LogP contribution in [-0.4, -0.2) is 131 Å². The molecule has 0 saturated carbocycles. The summed E-state index contributed by atoms with van der Waals surface area (Å²) in [7, 11) is 3.70. The summed E-state index contributed by atoms with van der Waals surface area (Å²) in [5, 5.41) is 0. The third-order valence-corrected chi connectivity index (χ3v) is 12.8. The van der Waals surface area contributed by atoms with Crippen molar-refractivity contribution < 1.29 is 66.7 Å². The van der Waals surface area contributed by atoms with E-state index >= 15 is 0 Å². The van der Waals surface area contributed by atoms with Crippen LogP contribution in [0.1, 0.15) is 227 Å². The van der Waals surface area contributed by atoms with E-state index in [1.807, 2.05) is 19.0 Å². The highest BCUT2D eigenvalue weighted by atomic mass is 16.6.